The van der Waals surface area contributed by atoms with Crippen LogP contribution in [0.2, 0.25) is 0 Å². The molecule has 1 aromatic rings. The van der Waals surface area contributed by atoms with Crippen LogP contribution in [0.5, 0.6) is 0 Å². The maximum atomic E-state index is 12.7. The van der Waals surface area contributed by atoms with Crippen LogP contribution in [0, 0.1) is 5.92 Å². The maximum absolute atomic E-state index is 12.7. The number of hydrogen-bond donors (Lipinski definition) is 1. The molecule has 1 heterocycles. The van der Waals surface area contributed by atoms with Gasteiger partial charge in [-0.15, -0.1) is 0 Å². The summed E-state index contributed by atoms with van der Waals surface area (Å²) in [6.07, 6.45) is 2.33. The zero-order valence-electron chi connectivity index (χ0n) is 14.4. The first-order valence-corrected chi connectivity index (χ1v) is 9.83. The molecule has 1 fully saturated rings. The molecule has 0 aromatic heterocycles. The van der Waals surface area contributed by atoms with Crippen LogP contribution in [-0.2, 0) is 14.8 Å². The van der Waals surface area contributed by atoms with Crippen molar-refractivity contribution < 1.29 is 13.2 Å². The first kappa shape index (κ1) is 18.9. The second-order valence-corrected chi connectivity index (χ2v) is 8.40. The van der Waals surface area contributed by atoms with Gasteiger partial charge in [-0.3, -0.25) is 4.79 Å². The van der Waals surface area contributed by atoms with E-state index in [2.05, 4.69) is 10.2 Å². The van der Waals surface area contributed by atoms with Crippen LogP contribution in [0.1, 0.15) is 19.3 Å². The van der Waals surface area contributed by atoms with Gasteiger partial charge in [0.2, 0.25) is 15.9 Å². The summed E-state index contributed by atoms with van der Waals surface area (Å²) in [7, 11) is 0.472. The number of rotatable bonds is 7. The van der Waals surface area contributed by atoms with Gasteiger partial charge in [-0.2, -0.15) is 4.31 Å². The molecule has 1 atom stereocenters. The molecule has 1 aromatic carbocycles. The standard InChI is InChI=1S/C17H27N3O3S/c1-19(2)12-7-11-18-17(21)15-8-6-13-20(14-15)24(22,23)16-9-4-3-5-10-16/h3-5,9-10,15H,6-8,11-14H2,1-2H3,(H,18,21)/t15-/m0/s1. The molecular weight excluding hydrogens is 326 g/mol. The smallest absolute Gasteiger partial charge is 0.243 e. The number of piperidine rings is 1. The molecular formula is C17H27N3O3S. The summed E-state index contributed by atoms with van der Waals surface area (Å²) in [5, 5.41) is 2.93. The van der Waals surface area contributed by atoms with Gasteiger partial charge in [0.25, 0.3) is 0 Å². The number of carbonyl (C=O) groups is 1. The lowest BCUT2D eigenvalue weighted by Gasteiger charge is -2.31. The molecule has 0 radical (unpaired) electrons. The summed E-state index contributed by atoms with van der Waals surface area (Å²) in [6.45, 7) is 2.27. The number of benzene rings is 1. The molecule has 134 valence electrons. The molecule has 1 aliphatic rings. The van der Waals surface area contributed by atoms with Crippen molar-refractivity contribution in [3.8, 4) is 0 Å². The fraction of sp³-hybridized carbons (Fsp3) is 0.588. The zero-order valence-corrected chi connectivity index (χ0v) is 15.3. The molecule has 1 aliphatic heterocycles. The second kappa shape index (κ2) is 8.60. The Balaban J connectivity index is 1.93. The number of nitrogens with one attached hydrogen (secondary N) is 1. The van der Waals surface area contributed by atoms with Gasteiger partial charge >= 0.3 is 0 Å². The van der Waals surface area contributed by atoms with Crippen LogP contribution in [-0.4, -0.2) is 63.8 Å². The Morgan fingerprint density at radius 1 is 1.29 bits per heavy atom. The Hall–Kier alpha value is -1.44. The lowest BCUT2D eigenvalue weighted by atomic mass is 9.99. The molecule has 7 heteroatoms. The molecule has 1 amide bonds. The van der Waals surface area contributed by atoms with Gasteiger partial charge in [-0.05, 0) is 52.0 Å². The van der Waals surface area contributed by atoms with E-state index in [-0.39, 0.29) is 23.3 Å². The fourth-order valence-corrected chi connectivity index (χ4v) is 4.41. The van der Waals surface area contributed by atoms with Gasteiger partial charge in [0.1, 0.15) is 0 Å². The van der Waals surface area contributed by atoms with E-state index < -0.39 is 10.0 Å². The van der Waals surface area contributed by atoms with Gasteiger partial charge in [0.05, 0.1) is 10.8 Å². The van der Waals surface area contributed by atoms with Crippen molar-refractivity contribution in [1.82, 2.24) is 14.5 Å². The van der Waals surface area contributed by atoms with Gasteiger partial charge in [-0.25, -0.2) is 8.42 Å². The van der Waals surface area contributed by atoms with Gasteiger partial charge < -0.3 is 10.2 Å². The van der Waals surface area contributed by atoms with E-state index in [0.717, 1.165) is 19.4 Å². The molecule has 0 bridgehead atoms. The van der Waals surface area contributed by atoms with E-state index in [1.807, 2.05) is 14.1 Å². The Kier molecular flexibility index (Phi) is 6.77. The van der Waals surface area contributed by atoms with E-state index >= 15 is 0 Å². The quantitative estimate of drug-likeness (QED) is 0.747. The SMILES string of the molecule is CN(C)CCCNC(=O)[C@H]1CCCN(S(=O)(=O)c2ccccc2)C1. The molecule has 0 aliphatic carbocycles. The lowest BCUT2D eigenvalue weighted by molar-refractivity contribution is -0.126. The number of hydrogen-bond acceptors (Lipinski definition) is 4. The van der Waals surface area contributed by atoms with Gasteiger partial charge in [0, 0.05) is 19.6 Å². The minimum Gasteiger partial charge on any atom is -0.356 e. The van der Waals surface area contributed by atoms with Crippen LogP contribution in [0.25, 0.3) is 0 Å². The number of sulfonamides is 1. The molecule has 0 unspecified atom stereocenters. The molecule has 6 nitrogen and oxygen atoms in total. The third-order valence-corrected chi connectivity index (χ3v) is 6.10. The third kappa shape index (κ3) is 5.03. The molecule has 0 spiro atoms. The lowest BCUT2D eigenvalue weighted by Crippen LogP contribution is -2.45. The maximum Gasteiger partial charge on any atom is 0.243 e. The first-order valence-electron chi connectivity index (χ1n) is 8.39. The van der Waals surface area contributed by atoms with Crippen molar-refractivity contribution in [3.63, 3.8) is 0 Å². The van der Waals surface area contributed by atoms with E-state index in [4.69, 9.17) is 0 Å². The van der Waals surface area contributed by atoms with Crippen LogP contribution < -0.4 is 5.32 Å². The molecule has 2 rings (SSSR count). The van der Waals surface area contributed by atoms with Crippen molar-refractivity contribution >= 4 is 15.9 Å². The fourth-order valence-electron chi connectivity index (χ4n) is 2.87. The molecule has 24 heavy (non-hydrogen) atoms. The minimum absolute atomic E-state index is 0.0401. The van der Waals surface area contributed by atoms with Crippen molar-refractivity contribution in [2.75, 3.05) is 40.3 Å². The highest BCUT2D eigenvalue weighted by Crippen LogP contribution is 2.23. The highest BCUT2D eigenvalue weighted by molar-refractivity contribution is 7.89. The molecule has 1 N–H and O–H groups in total. The monoisotopic (exact) mass is 353 g/mol. The van der Waals surface area contributed by atoms with Gasteiger partial charge in [-0.1, -0.05) is 18.2 Å². The largest absolute Gasteiger partial charge is 0.356 e. The molecule has 1 saturated heterocycles. The third-order valence-electron chi connectivity index (χ3n) is 4.22. The Bertz CT molecular complexity index is 632. The highest BCUT2D eigenvalue weighted by Gasteiger charge is 2.33. The summed E-state index contributed by atoms with van der Waals surface area (Å²) < 4.78 is 26.8. The summed E-state index contributed by atoms with van der Waals surface area (Å²) in [5.41, 5.74) is 0. The Morgan fingerprint density at radius 3 is 2.67 bits per heavy atom. The summed E-state index contributed by atoms with van der Waals surface area (Å²) in [6, 6.07) is 8.41. The highest BCUT2D eigenvalue weighted by atomic mass is 32.2. The predicted octanol–water partition coefficient (Wildman–Crippen LogP) is 1.16. The number of carbonyl (C=O) groups excluding carboxylic acids is 1. The number of amides is 1. The normalized spacial score (nSPS) is 19.4. The van der Waals surface area contributed by atoms with Crippen molar-refractivity contribution in [1.29, 1.82) is 0 Å². The topological polar surface area (TPSA) is 69.7 Å². The Labute approximate surface area is 144 Å². The molecule has 0 saturated carbocycles. The van der Waals surface area contributed by atoms with Crippen molar-refractivity contribution in [3.05, 3.63) is 30.3 Å². The summed E-state index contributed by atoms with van der Waals surface area (Å²) in [4.78, 5) is 14.7. The second-order valence-electron chi connectivity index (χ2n) is 6.46. The van der Waals surface area contributed by atoms with E-state index in [1.165, 1.54) is 4.31 Å². The average Bonchev–Trinajstić information content (AvgIpc) is 2.59. The summed E-state index contributed by atoms with van der Waals surface area (Å²) in [5.74, 6) is -0.307. The van der Waals surface area contributed by atoms with Crippen molar-refractivity contribution in [2.24, 2.45) is 5.92 Å². The van der Waals surface area contributed by atoms with E-state index in [0.29, 0.717) is 19.5 Å². The average molecular weight is 353 g/mol. The van der Waals surface area contributed by atoms with Crippen molar-refractivity contribution in [2.45, 2.75) is 24.2 Å². The van der Waals surface area contributed by atoms with Crippen LogP contribution >= 0.6 is 0 Å². The summed E-state index contributed by atoms with van der Waals surface area (Å²) >= 11 is 0. The van der Waals surface area contributed by atoms with E-state index in [9.17, 15) is 13.2 Å². The predicted molar refractivity (Wildman–Crippen MR) is 94.1 cm³/mol. The minimum atomic E-state index is -3.52. The van der Waals surface area contributed by atoms with E-state index in [1.54, 1.807) is 30.3 Å². The van der Waals surface area contributed by atoms with Crippen LogP contribution in [0.15, 0.2) is 35.2 Å². The zero-order chi connectivity index (χ0) is 17.6. The first-order chi connectivity index (χ1) is 11.4. The van der Waals surface area contributed by atoms with Crippen LogP contribution in [0.4, 0.5) is 0 Å². The van der Waals surface area contributed by atoms with Crippen LogP contribution in [0.3, 0.4) is 0 Å². The Morgan fingerprint density at radius 2 is 2.00 bits per heavy atom. The van der Waals surface area contributed by atoms with Gasteiger partial charge in [0.15, 0.2) is 0 Å². The number of nitrogens with zero attached hydrogens (tertiary/aromatic N) is 2.